The molecular weight excluding hydrogens is 402 g/mol. The fraction of sp³-hybridized carbons (Fsp3) is 0.391. The van der Waals surface area contributed by atoms with Gasteiger partial charge in [0.25, 0.3) is 11.8 Å². The maximum absolute atomic E-state index is 12.7. The Hall–Kier alpha value is -2.57. The van der Waals surface area contributed by atoms with Crippen LogP contribution >= 0.6 is 11.6 Å². The van der Waals surface area contributed by atoms with Gasteiger partial charge in [0, 0.05) is 32.7 Å². The van der Waals surface area contributed by atoms with Gasteiger partial charge >= 0.3 is 0 Å². The molecule has 2 aromatic carbocycles. The number of rotatable bonds is 6. The lowest BCUT2D eigenvalue weighted by Gasteiger charge is -2.36. The molecule has 30 heavy (non-hydrogen) atoms. The summed E-state index contributed by atoms with van der Waals surface area (Å²) in [6.07, 6.45) is 1.72. The molecule has 0 N–H and O–H groups in total. The van der Waals surface area contributed by atoms with Gasteiger partial charge in [0.2, 0.25) is 0 Å². The average Bonchev–Trinajstić information content (AvgIpc) is 2.89. The first-order valence-corrected chi connectivity index (χ1v) is 10.8. The Kier molecular flexibility index (Phi) is 6.55. The molecule has 2 aliphatic heterocycles. The molecule has 0 aromatic heterocycles. The van der Waals surface area contributed by atoms with E-state index in [1.807, 2.05) is 18.2 Å². The van der Waals surface area contributed by atoms with Crippen molar-refractivity contribution in [2.45, 2.75) is 12.8 Å². The lowest BCUT2D eigenvalue weighted by molar-refractivity contribution is -0.130. The summed E-state index contributed by atoms with van der Waals surface area (Å²) in [6, 6.07) is 15.0. The number of unbranched alkanes of at least 4 members (excludes halogenated alkanes) is 1. The first-order valence-electron chi connectivity index (χ1n) is 10.4. The van der Waals surface area contributed by atoms with Crippen LogP contribution in [0.4, 0.5) is 5.69 Å². The second kappa shape index (κ2) is 9.49. The number of piperazine rings is 1. The van der Waals surface area contributed by atoms with Gasteiger partial charge in [0.1, 0.15) is 5.75 Å². The Morgan fingerprint density at radius 1 is 0.867 bits per heavy atom. The van der Waals surface area contributed by atoms with Crippen molar-refractivity contribution in [1.82, 2.24) is 9.80 Å². The molecule has 2 aromatic rings. The lowest BCUT2D eigenvalue weighted by Crippen LogP contribution is -2.46. The highest BCUT2D eigenvalue weighted by Crippen LogP contribution is 2.26. The number of halogens is 1. The van der Waals surface area contributed by atoms with E-state index in [-0.39, 0.29) is 18.4 Å². The van der Waals surface area contributed by atoms with E-state index in [1.54, 1.807) is 24.3 Å². The minimum Gasteiger partial charge on any atom is -0.483 e. The summed E-state index contributed by atoms with van der Waals surface area (Å²) in [6.45, 7) is 5.14. The van der Waals surface area contributed by atoms with Crippen LogP contribution in [0.3, 0.4) is 0 Å². The summed E-state index contributed by atoms with van der Waals surface area (Å²) in [5, 5.41) is 0.795. The van der Waals surface area contributed by atoms with Crippen molar-refractivity contribution in [2.75, 3.05) is 50.8 Å². The molecule has 0 aliphatic carbocycles. The zero-order valence-corrected chi connectivity index (χ0v) is 17.7. The van der Waals surface area contributed by atoms with Gasteiger partial charge in [-0.05, 0) is 43.7 Å². The Morgan fingerprint density at radius 2 is 1.57 bits per heavy atom. The molecule has 158 valence electrons. The lowest BCUT2D eigenvalue weighted by atomic mass is 10.1. The fourth-order valence-corrected chi connectivity index (χ4v) is 4.25. The van der Waals surface area contributed by atoms with Gasteiger partial charge < -0.3 is 9.64 Å². The number of ether oxygens (including phenoxy) is 1. The molecule has 4 rings (SSSR count). The minimum atomic E-state index is -0.274. The van der Waals surface area contributed by atoms with Crippen molar-refractivity contribution in [2.24, 2.45) is 0 Å². The molecule has 7 heteroatoms. The molecule has 2 aliphatic rings. The minimum absolute atomic E-state index is 0.0905. The number of hydrogen-bond acceptors (Lipinski definition) is 5. The second-order valence-electron chi connectivity index (χ2n) is 7.62. The van der Waals surface area contributed by atoms with Crippen LogP contribution < -0.4 is 9.64 Å². The van der Waals surface area contributed by atoms with Gasteiger partial charge in [0.05, 0.1) is 16.3 Å². The molecule has 0 bridgehead atoms. The Bertz CT molecular complexity index is 912. The number of amides is 2. The van der Waals surface area contributed by atoms with Crippen LogP contribution in [-0.2, 0) is 4.79 Å². The largest absolute Gasteiger partial charge is 0.483 e. The van der Waals surface area contributed by atoms with Crippen molar-refractivity contribution in [1.29, 1.82) is 0 Å². The number of carbonyl (C=O) groups is 2. The number of fused-ring (bicyclic) bond motifs is 1. The van der Waals surface area contributed by atoms with Crippen molar-refractivity contribution in [3.05, 3.63) is 59.1 Å². The molecule has 0 spiro atoms. The molecule has 1 saturated heterocycles. The average molecular weight is 428 g/mol. The number of anilines is 1. The van der Waals surface area contributed by atoms with Crippen LogP contribution in [-0.4, -0.2) is 67.5 Å². The van der Waals surface area contributed by atoms with Gasteiger partial charge in [-0.2, -0.15) is 0 Å². The highest BCUT2D eigenvalue weighted by Gasteiger charge is 2.29. The van der Waals surface area contributed by atoms with Crippen molar-refractivity contribution >= 4 is 29.1 Å². The predicted molar refractivity (Wildman–Crippen MR) is 117 cm³/mol. The summed E-state index contributed by atoms with van der Waals surface area (Å²) < 4.78 is 5.48. The number of imide groups is 1. The molecule has 0 unspecified atom stereocenters. The van der Waals surface area contributed by atoms with Crippen molar-refractivity contribution in [3.63, 3.8) is 0 Å². The van der Waals surface area contributed by atoms with Crippen molar-refractivity contribution in [3.8, 4) is 5.75 Å². The monoisotopic (exact) mass is 427 g/mol. The third-order valence-electron chi connectivity index (χ3n) is 5.69. The SMILES string of the molecule is O=C1COc2ccccc2C(=O)N1CCCCN1CCN(c2ccccc2Cl)CC1. The number of hydrogen-bond donors (Lipinski definition) is 0. The van der Waals surface area contributed by atoms with E-state index in [2.05, 4.69) is 15.9 Å². The van der Waals surface area contributed by atoms with E-state index in [9.17, 15) is 9.59 Å². The first kappa shape index (κ1) is 20.7. The Balaban J connectivity index is 1.23. The molecule has 2 heterocycles. The van der Waals surface area contributed by atoms with Crippen LogP contribution in [0, 0.1) is 0 Å². The molecule has 0 atom stereocenters. The number of carbonyl (C=O) groups excluding carboxylic acids is 2. The maximum atomic E-state index is 12.7. The molecular formula is C23H26ClN3O3. The molecule has 1 fully saturated rings. The summed E-state index contributed by atoms with van der Waals surface area (Å²) in [5.74, 6) is -0.0549. The van der Waals surface area contributed by atoms with E-state index in [1.165, 1.54) is 4.90 Å². The molecule has 0 saturated carbocycles. The summed E-state index contributed by atoms with van der Waals surface area (Å²) >= 11 is 6.31. The molecule has 6 nitrogen and oxygen atoms in total. The normalized spacial score (nSPS) is 17.5. The van der Waals surface area contributed by atoms with E-state index in [0.29, 0.717) is 17.9 Å². The quantitative estimate of drug-likeness (QED) is 0.523. The van der Waals surface area contributed by atoms with Crippen LogP contribution in [0.2, 0.25) is 5.02 Å². The first-order chi connectivity index (χ1) is 14.6. The van der Waals surface area contributed by atoms with Gasteiger partial charge in [0.15, 0.2) is 6.61 Å². The zero-order valence-electron chi connectivity index (χ0n) is 16.9. The van der Waals surface area contributed by atoms with Gasteiger partial charge in [-0.3, -0.25) is 19.4 Å². The number of para-hydroxylation sites is 2. The highest BCUT2D eigenvalue weighted by atomic mass is 35.5. The van der Waals surface area contributed by atoms with Crippen LogP contribution in [0.1, 0.15) is 23.2 Å². The Labute approximate surface area is 182 Å². The van der Waals surface area contributed by atoms with Crippen LogP contribution in [0.25, 0.3) is 0 Å². The van der Waals surface area contributed by atoms with Gasteiger partial charge in [-0.25, -0.2) is 0 Å². The number of nitrogens with zero attached hydrogens (tertiary/aromatic N) is 3. The zero-order chi connectivity index (χ0) is 20.9. The van der Waals surface area contributed by atoms with Gasteiger partial charge in [-0.15, -0.1) is 0 Å². The van der Waals surface area contributed by atoms with Gasteiger partial charge in [-0.1, -0.05) is 35.9 Å². The highest BCUT2D eigenvalue weighted by molar-refractivity contribution is 6.33. The summed E-state index contributed by atoms with van der Waals surface area (Å²) in [5.41, 5.74) is 1.55. The van der Waals surface area contributed by atoms with E-state index < -0.39 is 0 Å². The van der Waals surface area contributed by atoms with E-state index >= 15 is 0 Å². The van der Waals surface area contributed by atoms with Crippen LogP contribution in [0.15, 0.2) is 48.5 Å². The van der Waals surface area contributed by atoms with E-state index in [0.717, 1.165) is 56.3 Å². The standard InChI is InChI=1S/C23H26ClN3O3/c24-19-8-2-3-9-20(19)26-15-13-25(14-16-26)11-5-6-12-27-22(28)17-30-21-10-4-1-7-18(21)23(27)29/h1-4,7-10H,5-6,11-17H2. The topological polar surface area (TPSA) is 53.1 Å². The number of benzene rings is 2. The van der Waals surface area contributed by atoms with Crippen LogP contribution in [0.5, 0.6) is 5.75 Å². The summed E-state index contributed by atoms with van der Waals surface area (Å²) in [7, 11) is 0. The Morgan fingerprint density at radius 3 is 2.37 bits per heavy atom. The molecule has 2 amide bonds. The maximum Gasteiger partial charge on any atom is 0.267 e. The fourth-order valence-electron chi connectivity index (χ4n) is 4.00. The predicted octanol–water partition coefficient (Wildman–Crippen LogP) is 3.30. The van der Waals surface area contributed by atoms with Crippen molar-refractivity contribution < 1.29 is 14.3 Å². The smallest absolute Gasteiger partial charge is 0.267 e. The molecule has 0 radical (unpaired) electrons. The third-order valence-corrected chi connectivity index (χ3v) is 6.01. The third kappa shape index (κ3) is 4.60. The second-order valence-corrected chi connectivity index (χ2v) is 8.03. The van der Waals surface area contributed by atoms with E-state index in [4.69, 9.17) is 16.3 Å². The summed E-state index contributed by atoms with van der Waals surface area (Å²) in [4.78, 5) is 31.2.